The van der Waals surface area contributed by atoms with Crippen LogP contribution in [0.5, 0.6) is 0 Å². The lowest BCUT2D eigenvalue weighted by Crippen LogP contribution is -2.30. The van der Waals surface area contributed by atoms with Crippen molar-refractivity contribution >= 4 is 11.9 Å². The Bertz CT molecular complexity index is 458. The maximum absolute atomic E-state index is 11.7. The lowest BCUT2D eigenvalue weighted by Gasteiger charge is -2.31. The minimum absolute atomic E-state index is 0.625. The van der Waals surface area contributed by atoms with E-state index in [2.05, 4.69) is 0 Å². The number of carboxylic acids is 1. The van der Waals surface area contributed by atoms with Crippen LogP contribution >= 0.6 is 0 Å². The van der Waals surface area contributed by atoms with Crippen molar-refractivity contribution in [2.75, 3.05) is 0 Å². The minimum atomic E-state index is -1.17. The number of carbonyl (C=O) groups is 2. The molecular formula is C15H18O4. The summed E-state index contributed by atoms with van der Waals surface area (Å²) in [6, 6.07) is 9.47. The second kappa shape index (κ2) is 6.73. The summed E-state index contributed by atoms with van der Waals surface area (Å²) in [6.45, 7) is 3.87. The molecular weight excluding hydrogens is 244 g/mol. The molecule has 0 bridgehead atoms. The molecule has 19 heavy (non-hydrogen) atoms. The average Bonchev–Trinajstić information content (AvgIpc) is 2.43. The second-order valence-electron chi connectivity index (χ2n) is 4.16. The highest BCUT2D eigenvalue weighted by molar-refractivity contribution is 5.90. The minimum Gasteiger partial charge on any atom is -0.478 e. The van der Waals surface area contributed by atoms with E-state index in [9.17, 15) is 9.59 Å². The van der Waals surface area contributed by atoms with Gasteiger partial charge >= 0.3 is 11.9 Å². The molecule has 0 fully saturated rings. The first-order chi connectivity index (χ1) is 9.04. The van der Waals surface area contributed by atoms with Crippen LogP contribution in [0.1, 0.15) is 32.3 Å². The van der Waals surface area contributed by atoms with Gasteiger partial charge in [-0.1, -0.05) is 44.2 Å². The normalized spacial score (nSPS) is 11.5. The largest absolute Gasteiger partial charge is 0.478 e. The van der Waals surface area contributed by atoms with Crippen molar-refractivity contribution in [3.8, 4) is 0 Å². The van der Waals surface area contributed by atoms with Crippen LogP contribution in [0.25, 0.3) is 0 Å². The fourth-order valence-electron chi connectivity index (χ4n) is 1.97. The number of aliphatic carboxylic acids is 1. The van der Waals surface area contributed by atoms with Crippen LogP contribution in [-0.2, 0) is 19.9 Å². The first-order valence-corrected chi connectivity index (χ1v) is 6.23. The van der Waals surface area contributed by atoms with Gasteiger partial charge < -0.3 is 9.84 Å². The summed E-state index contributed by atoms with van der Waals surface area (Å²) >= 11 is 0. The molecule has 0 aliphatic rings. The van der Waals surface area contributed by atoms with Gasteiger partial charge in [-0.15, -0.1) is 0 Å². The molecule has 1 aromatic carbocycles. The Morgan fingerprint density at radius 1 is 1.16 bits per heavy atom. The number of hydrogen-bond donors (Lipinski definition) is 1. The Kier molecular flexibility index (Phi) is 5.30. The molecule has 0 spiro atoms. The number of hydrogen-bond acceptors (Lipinski definition) is 3. The lowest BCUT2D eigenvalue weighted by atomic mass is 9.88. The number of esters is 1. The average molecular weight is 262 g/mol. The van der Waals surface area contributed by atoms with E-state index >= 15 is 0 Å². The molecule has 0 saturated carbocycles. The van der Waals surface area contributed by atoms with Crippen molar-refractivity contribution in [3.63, 3.8) is 0 Å². The fourth-order valence-corrected chi connectivity index (χ4v) is 1.97. The van der Waals surface area contributed by atoms with Crippen LogP contribution in [0.2, 0.25) is 0 Å². The van der Waals surface area contributed by atoms with E-state index in [-0.39, 0.29) is 0 Å². The topological polar surface area (TPSA) is 63.6 Å². The number of ether oxygens (including phenoxy) is 1. The van der Waals surface area contributed by atoms with Crippen molar-refractivity contribution in [1.29, 1.82) is 0 Å². The van der Waals surface area contributed by atoms with Gasteiger partial charge in [0.1, 0.15) is 5.60 Å². The molecule has 0 aliphatic carbocycles. The molecule has 0 saturated heterocycles. The van der Waals surface area contributed by atoms with Gasteiger partial charge in [-0.05, 0) is 18.4 Å². The van der Waals surface area contributed by atoms with Crippen LogP contribution in [0.3, 0.4) is 0 Å². The van der Waals surface area contributed by atoms with Crippen molar-refractivity contribution < 1.29 is 19.4 Å². The summed E-state index contributed by atoms with van der Waals surface area (Å²) in [5.74, 6) is -1.81. The van der Waals surface area contributed by atoms with Gasteiger partial charge in [-0.2, -0.15) is 0 Å². The molecule has 0 heterocycles. The molecule has 4 heteroatoms. The van der Waals surface area contributed by atoms with E-state index in [0.717, 1.165) is 17.7 Å². The van der Waals surface area contributed by atoms with Gasteiger partial charge in [0.05, 0.1) is 0 Å². The number of benzene rings is 1. The predicted molar refractivity (Wildman–Crippen MR) is 71.6 cm³/mol. The van der Waals surface area contributed by atoms with Crippen molar-refractivity contribution in [2.45, 2.75) is 32.3 Å². The first kappa shape index (κ1) is 15.0. The van der Waals surface area contributed by atoms with Crippen LogP contribution in [0, 0.1) is 0 Å². The maximum atomic E-state index is 11.7. The summed E-state index contributed by atoms with van der Waals surface area (Å²) in [7, 11) is 0. The third-order valence-electron chi connectivity index (χ3n) is 3.10. The Morgan fingerprint density at radius 2 is 1.74 bits per heavy atom. The molecule has 102 valence electrons. The van der Waals surface area contributed by atoms with E-state index in [1.807, 2.05) is 44.2 Å². The van der Waals surface area contributed by atoms with Gasteiger partial charge in [0.25, 0.3) is 0 Å². The van der Waals surface area contributed by atoms with Gasteiger partial charge in [0, 0.05) is 12.2 Å². The molecule has 0 aliphatic heterocycles. The van der Waals surface area contributed by atoms with E-state index in [1.165, 1.54) is 0 Å². The molecule has 0 unspecified atom stereocenters. The van der Waals surface area contributed by atoms with Crippen LogP contribution in [0.15, 0.2) is 42.5 Å². The van der Waals surface area contributed by atoms with Gasteiger partial charge in [-0.3, -0.25) is 0 Å². The quantitative estimate of drug-likeness (QED) is 0.632. The number of carbonyl (C=O) groups excluding carboxylic acids is 1. The van der Waals surface area contributed by atoms with Crippen molar-refractivity contribution in [2.24, 2.45) is 0 Å². The van der Waals surface area contributed by atoms with Crippen LogP contribution < -0.4 is 0 Å². The SMILES string of the molecule is CCC(CC)(OC(=O)C=CC(=O)O)c1ccccc1. The molecule has 0 amide bonds. The van der Waals surface area contributed by atoms with Gasteiger partial charge in [0.2, 0.25) is 0 Å². The Morgan fingerprint density at radius 3 is 2.21 bits per heavy atom. The summed E-state index contributed by atoms with van der Waals surface area (Å²) < 4.78 is 5.48. The third-order valence-corrected chi connectivity index (χ3v) is 3.10. The third kappa shape index (κ3) is 3.95. The van der Waals surface area contributed by atoms with Crippen molar-refractivity contribution in [1.82, 2.24) is 0 Å². The van der Waals surface area contributed by atoms with Crippen LogP contribution in [-0.4, -0.2) is 17.0 Å². The Hall–Kier alpha value is -2.10. The highest BCUT2D eigenvalue weighted by atomic mass is 16.6. The Labute approximate surface area is 112 Å². The summed E-state index contributed by atoms with van der Waals surface area (Å²) in [5, 5.41) is 8.50. The lowest BCUT2D eigenvalue weighted by molar-refractivity contribution is -0.156. The molecule has 4 nitrogen and oxygen atoms in total. The first-order valence-electron chi connectivity index (χ1n) is 6.23. The fraction of sp³-hybridized carbons (Fsp3) is 0.333. The standard InChI is InChI=1S/C15H18O4/c1-3-15(4-2,12-8-6-5-7-9-12)19-14(18)11-10-13(16)17/h5-11H,3-4H2,1-2H3,(H,16,17). The van der Waals surface area contributed by atoms with E-state index in [0.29, 0.717) is 12.8 Å². The number of rotatable bonds is 6. The van der Waals surface area contributed by atoms with E-state index in [1.54, 1.807) is 0 Å². The zero-order chi connectivity index (χ0) is 14.3. The zero-order valence-electron chi connectivity index (χ0n) is 11.1. The molecule has 0 radical (unpaired) electrons. The van der Waals surface area contributed by atoms with E-state index in [4.69, 9.17) is 9.84 Å². The predicted octanol–water partition coefficient (Wildman–Crippen LogP) is 2.89. The maximum Gasteiger partial charge on any atom is 0.331 e. The molecule has 1 rings (SSSR count). The Balaban J connectivity index is 2.95. The smallest absolute Gasteiger partial charge is 0.331 e. The highest BCUT2D eigenvalue weighted by Gasteiger charge is 2.31. The summed E-state index contributed by atoms with van der Waals surface area (Å²) in [4.78, 5) is 22.1. The molecule has 1 N–H and O–H groups in total. The zero-order valence-corrected chi connectivity index (χ0v) is 11.1. The monoisotopic (exact) mass is 262 g/mol. The van der Waals surface area contributed by atoms with Crippen LogP contribution in [0.4, 0.5) is 0 Å². The summed E-state index contributed by atoms with van der Waals surface area (Å²) in [5.41, 5.74) is 0.207. The van der Waals surface area contributed by atoms with Gasteiger partial charge in [0.15, 0.2) is 0 Å². The molecule has 0 atom stereocenters. The number of carboxylic acid groups (broad SMARTS) is 1. The second-order valence-corrected chi connectivity index (χ2v) is 4.16. The van der Waals surface area contributed by atoms with Crippen molar-refractivity contribution in [3.05, 3.63) is 48.0 Å². The molecule has 1 aromatic rings. The highest BCUT2D eigenvalue weighted by Crippen LogP contribution is 2.33. The molecule has 0 aromatic heterocycles. The summed E-state index contributed by atoms with van der Waals surface area (Å²) in [6.07, 6.45) is 2.97. The van der Waals surface area contributed by atoms with Gasteiger partial charge in [-0.25, -0.2) is 9.59 Å². The van der Waals surface area contributed by atoms with E-state index < -0.39 is 17.5 Å².